The van der Waals surface area contributed by atoms with Gasteiger partial charge in [-0.15, -0.1) is 0 Å². The predicted octanol–water partition coefficient (Wildman–Crippen LogP) is 2.63. The molecule has 0 aliphatic carbocycles. The number of hydrogen-bond acceptors (Lipinski definition) is 3. The molecule has 0 fully saturated rings. The van der Waals surface area contributed by atoms with Crippen molar-refractivity contribution in [2.75, 3.05) is 5.73 Å². The SMILES string of the molecule is Nc1nn(Cc2coc(Br)c2)cc1Br. The van der Waals surface area contributed by atoms with Crippen molar-refractivity contribution in [1.29, 1.82) is 0 Å². The monoisotopic (exact) mass is 319 g/mol. The highest BCUT2D eigenvalue weighted by atomic mass is 79.9. The van der Waals surface area contributed by atoms with E-state index < -0.39 is 0 Å². The first-order valence-corrected chi connectivity index (χ1v) is 5.45. The van der Waals surface area contributed by atoms with Gasteiger partial charge in [0, 0.05) is 11.8 Å². The molecule has 0 saturated heterocycles. The second-order valence-corrected chi connectivity index (χ2v) is 4.45. The summed E-state index contributed by atoms with van der Waals surface area (Å²) in [6.45, 7) is 0.644. The molecular weight excluding hydrogens is 314 g/mol. The molecule has 2 heterocycles. The largest absolute Gasteiger partial charge is 0.457 e. The summed E-state index contributed by atoms with van der Waals surface area (Å²) in [6.07, 6.45) is 3.51. The van der Waals surface area contributed by atoms with Crippen LogP contribution < -0.4 is 5.73 Å². The summed E-state index contributed by atoms with van der Waals surface area (Å²) in [4.78, 5) is 0. The van der Waals surface area contributed by atoms with Gasteiger partial charge in [-0.25, -0.2) is 0 Å². The number of hydrogen-bond donors (Lipinski definition) is 1. The average Bonchev–Trinajstić information content (AvgIpc) is 2.62. The fourth-order valence-corrected chi connectivity index (χ4v) is 1.81. The number of nitrogens with zero attached hydrogens (tertiary/aromatic N) is 2. The van der Waals surface area contributed by atoms with Crippen molar-refractivity contribution in [3.8, 4) is 0 Å². The third kappa shape index (κ3) is 2.01. The Kier molecular flexibility index (Phi) is 2.64. The fraction of sp³-hybridized carbons (Fsp3) is 0.125. The molecule has 0 amide bonds. The van der Waals surface area contributed by atoms with Gasteiger partial charge in [0.25, 0.3) is 0 Å². The highest BCUT2D eigenvalue weighted by Crippen LogP contribution is 2.19. The van der Waals surface area contributed by atoms with Gasteiger partial charge in [0.2, 0.25) is 0 Å². The van der Waals surface area contributed by atoms with E-state index in [9.17, 15) is 0 Å². The summed E-state index contributed by atoms with van der Waals surface area (Å²) in [6, 6.07) is 1.89. The normalized spacial score (nSPS) is 10.7. The molecule has 4 nitrogen and oxygen atoms in total. The van der Waals surface area contributed by atoms with Gasteiger partial charge in [0.15, 0.2) is 10.5 Å². The van der Waals surface area contributed by atoms with Crippen molar-refractivity contribution in [2.45, 2.75) is 6.54 Å². The molecule has 0 bridgehead atoms. The van der Waals surface area contributed by atoms with Crippen LogP contribution in [0.3, 0.4) is 0 Å². The van der Waals surface area contributed by atoms with Gasteiger partial charge >= 0.3 is 0 Å². The quantitative estimate of drug-likeness (QED) is 0.925. The number of nitrogens with two attached hydrogens (primary N) is 1. The van der Waals surface area contributed by atoms with Gasteiger partial charge in [-0.3, -0.25) is 4.68 Å². The Labute approximate surface area is 97.3 Å². The highest BCUT2D eigenvalue weighted by Gasteiger charge is 2.04. The van der Waals surface area contributed by atoms with Crippen molar-refractivity contribution >= 4 is 37.7 Å². The number of aromatic nitrogens is 2. The first-order valence-electron chi connectivity index (χ1n) is 3.86. The lowest BCUT2D eigenvalue weighted by Crippen LogP contribution is -1.99. The molecule has 14 heavy (non-hydrogen) atoms. The smallest absolute Gasteiger partial charge is 0.169 e. The molecule has 0 unspecified atom stereocenters. The summed E-state index contributed by atoms with van der Waals surface area (Å²) in [5.74, 6) is 0.493. The summed E-state index contributed by atoms with van der Waals surface area (Å²) >= 11 is 6.53. The van der Waals surface area contributed by atoms with Crippen LogP contribution >= 0.6 is 31.9 Å². The van der Waals surface area contributed by atoms with E-state index in [-0.39, 0.29) is 0 Å². The molecule has 0 aliphatic heterocycles. The van der Waals surface area contributed by atoms with E-state index >= 15 is 0 Å². The summed E-state index contributed by atoms with van der Waals surface area (Å²) in [5.41, 5.74) is 6.62. The lowest BCUT2D eigenvalue weighted by Gasteiger charge is -1.95. The molecule has 2 aromatic rings. The van der Waals surface area contributed by atoms with Crippen LogP contribution in [0.1, 0.15) is 5.56 Å². The van der Waals surface area contributed by atoms with Gasteiger partial charge < -0.3 is 10.2 Å². The maximum Gasteiger partial charge on any atom is 0.169 e. The van der Waals surface area contributed by atoms with Gasteiger partial charge in [0.1, 0.15) is 0 Å². The van der Waals surface area contributed by atoms with Gasteiger partial charge in [-0.2, -0.15) is 5.10 Å². The van der Waals surface area contributed by atoms with Crippen LogP contribution in [0.2, 0.25) is 0 Å². The topological polar surface area (TPSA) is 57.0 Å². The van der Waals surface area contributed by atoms with E-state index in [0.29, 0.717) is 17.0 Å². The van der Waals surface area contributed by atoms with Gasteiger partial charge in [-0.1, -0.05) is 0 Å². The number of anilines is 1. The van der Waals surface area contributed by atoms with Gasteiger partial charge in [0.05, 0.1) is 17.3 Å². The first-order chi connectivity index (χ1) is 6.65. The molecular formula is C8H7Br2N3O. The summed E-state index contributed by atoms with van der Waals surface area (Å²) < 4.78 is 8.37. The van der Waals surface area contributed by atoms with Gasteiger partial charge in [-0.05, 0) is 37.9 Å². The Bertz CT molecular complexity index is 430. The minimum Gasteiger partial charge on any atom is -0.457 e. The zero-order chi connectivity index (χ0) is 10.1. The molecule has 0 aromatic carbocycles. The highest BCUT2D eigenvalue weighted by molar-refractivity contribution is 9.10. The van der Waals surface area contributed by atoms with E-state index in [2.05, 4.69) is 37.0 Å². The van der Waals surface area contributed by atoms with Crippen LogP contribution in [-0.4, -0.2) is 9.78 Å². The third-order valence-electron chi connectivity index (χ3n) is 1.71. The molecule has 2 aromatic heterocycles. The molecule has 0 atom stereocenters. The van der Waals surface area contributed by atoms with Crippen LogP contribution in [-0.2, 0) is 6.54 Å². The lowest BCUT2D eigenvalue weighted by atomic mass is 10.3. The predicted molar refractivity (Wildman–Crippen MR) is 59.8 cm³/mol. The van der Waals surface area contributed by atoms with E-state index in [4.69, 9.17) is 10.2 Å². The molecule has 2 rings (SSSR count). The maximum absolute atomic E-state index is 5.59. The Morgan fingerprint density at radius 1 is 1.50 bits per heavy atom. The van der Waals surface area contributed by atoms with Crippen LogP contribution in [0.15, 0.2) is 32.1 Å². The average molecular weight is 321 g/mol. The van der Waals surface area contributed by atoms with Crippen LogP contribution in [0.4, 0.5) is 5.82 Å². The van der Waals surface area contributed by atoms with E-state index in [1.54, 1.807) is 10.9 Å². The number of nitrogen functional groups attached to an aromatic ring is 1. The minimum atomic E-state index is 0.493. The van der Waals surface area contributed by atoms with E-state index in [1.807, 2.05) is 12.3 Å². The fourth-order valence-electron chi connectivity index (χ4n) is 1.11. The first kappa shape index (κ1) is 9.79. The molecule has 0 spiro atoms. The molecule has 0 saturated carbocycles. The molecule has 74 valence electrons. The standard InChI is InChI=1S/C8H7Br2N3O/c9-6-3-13(12-8(6)11)2-5-1-7(10)14-4-5/h1,3-4H,2H2,(H2,11,12). The Balaban J connectivity index is 2.18. The van der Waals surface area contributed by atoms with Crippen LogP contribution in [0, 0.1) is 0 Å². The Morgan fingerprint density at radius 2 is 2.29 bits per heavy atom. The van der Waals surface area contributed by atoms with Crippen LogP contribution in [0.5, 0.6) is 0 Å². The molecule has 0 aliphatic rings. The molecule has 6 heteroatoms. The molecule has 0 radical (unpaired) electrons. The second kappa shape index (κ2) is 3.78. The van der Waals surface area contributed by atoms with Crippen molar-refractivity contribution in [2.24, 2.45) is 0 Å². The van der Waals surface area contributed by atoms with Crippen molar-refractivity contribution < 1.29 is 4.42 Å². The summed E-state index contributed by atoms with van der Waals surface area (Å²) in [7, 11) is 0. The van der Waals surface area contributed by atoms with Crippen molar-refractivity contribution in [1.82, 2.24) is 9.78 Å². The Hall–Kier alpha value is -0.750. The van der Waals surface area contributed by atoms with Crippen molar-refractivity contribution in [3.63, 3.8) is 0 Å². The number of rotatable bonds is 2. The second-order valence-electron chi connectivity index (χ2n) is 2.82. The van der Waals surface area contributed by atoms with Crippen LogP contribution in [0.25, 0.3) is 0 Å². The third-order valence-corrected chi connectivity index (χ3v) is 2.74. The zero-order valence-electron chi connectivity index (χ0n) is 7.08. The lowest BCUT2D eigenvalue weighted by molar-refractivity contribution is 0.536. The Morgan fingerprint density at radius 3 is 2.79 bits per heavy atom. The maximum atomic E-state index is 5.59. The minimum absolute atomic E-state index is 0.493. The molecule has 2 N–H and O–H groups in total. The van der Waals surface area contributed by atoms with Crippen molar-refractivity contribution in [3.05, 3.63) is 33.2 Å². The van der Waals surface area contributed by atoms with E-state index in [1.165, 1.54) is 0 Å². The summed E-state index contributed by atoms with van der Waals surface area (Å²) in [5, 5.41) is 4.11. The van der Waals surface area contributed by atoms with E-state index in [0.717, 1.165) is 10.0 Å². The number of furan rings is 1. The zero-order valence-corrected chi connectivity index (χ0v) is 10.2. The number of halogens is 2.